The van der Waals surface area contributed by atoms with E-state index < -0.39 is 0 Å². The number of aromatic nitrogens is 2. The minimum Gasteiger partial charge on any atom is -0.308 e. The molecule has 0 fully saturated rings. The lowest BCUT2D eigenvalue weighted by Crippen LogP contribution is -2.12. The van der Waals surface area contributed by atoms with Crippen LogP contribution in [0.1, 0.15) is 16.1 Å². The SMILES string of the molecule is Cc1c(CNCc2cc(Cl)cs2)cnn1C. The summed E-state index contributed by atoms with van der Waals surface area (Å²) in [5.74, 6) is 0. The maximum atomic E-state index is 5.85. The molecule has 0 spiro atoms. The van der Waals surface area contributed by atoms with Gasteiger partial charge in [0.1, 0.15) is 0 Å². The second kappa shape index (κ2) is 4.99. The minimum atomic E-state index is 0.819. The zero-order valence-electron chi connectivity index (χ0n) is 9.33. The number of hydrogen-bond acceptors (Lipinski definition) is 3. The summed E-state index contributed by atoms with van der Waals surface area (Å²) < 4.78 is 1.89. The van der Waals surface area contributed by atoms with E-state index in [-0.39, 0.29) is 0 Å². The van der Waals surface area contributed by atoms with Gasteiger partial charge in [0, 0.05) is 41.7 Å². The Morgan fingerprint density at radius 2 is 2.31 bits per heavy atom. The molecule has 2 aromatic rings. The van der Waals surface area contributed by atoms with Gasteiger partial charge < -0.3 is 5.32 Å². The third-order valence-corrected chi connectivity index (χ3v) is 3.86. The zero-order chi connectivity index (χ0) is 11.5. The van der Waals surface area contributed by atoms with Crippen molar-refractivity contribution in [3.63, 3.8) is 0 Å². The van der Waals surface area contributed by atoms with Gasteiger partial charge in [-0.1, -0.05) is 11.6 Å². The first-order valence-electron chi connectivity index (χ1n) is 5.08. The maximum Gasteiger partial charge on any atom is 0.0537 e. The van der Waals surface area contributed by atoms with Crippen LogP contribution in [0.4, 0.5) is 0 Å². The van der Waals surface area contributed by atoms with Crippen molar-refractivity contribution in [1.82, 2.24) is 15.1 Å². The molecule has 2 aromatic heterocycles. The van der Waals surface area contributed by atoms with Crippen LogP contribution in [-0.2, 0) is 20.1 Å². The number of halogens is 1. The summed E-state index contributed by atoms with van der Waals surface area (Å²) in [5.41, 5.74) is 2.45. The molecule has 86 valence electrons. The Morgan fingerprint density at radius 3 is 2.88 bits per heavy atom. The standard InChI is InChI=1S/C11H14ClN3S/c1-8-9(5-14-15(8)2)4-13-6-11-3-10(12)7-16-11/h3,5,7,13H,4,6H2,1-2H3. The molecule has 0 unspecified atom stereocenters. The Kier molecular flexibility index (Phi) is 3.63. The van der Waals surface area contributed by atoms with Gasteiger partial charge in [0.2, 0.25) is 0 Å². The van der Waals surface area contributed by atoms with E-state index in [4.69, 9.17) is 11.6 Å². The lowest BCUT2D eigenvalue weighted by Gasteiger charge is -2.02. The molecule has 0 amide bonds. The first kappa shape index (κ1) is 11.6. The van der Waals surface area contributed by atoms with Crippen LogP contribution in [0.3, 0.4) is 0 Å². The van der Waals surface area contributed by atoms with E-state index in [0.29, 0.717) is 0 Å². The molecule has 0 bridgehead atoms. The third-order valence-electron chi connectivity index (χ3n) is 2.57. The zero-order valence-corrected chi connectivity index (χ0v) is 10.9. The average Bonchev–Trinajstić information content (AvgIpc) is 2.79. The molecule has 0 aliphatic heterocycles. The summed E-state index contributed by atoms with van der Waals surface area (Å²) in [6.07, 6.45) is 1.91. The highest BCUT2D eigenvalue weighted by Crippen LogP contribution is 2.18. The van der Waals surface area contributed by atoms with Crippen molar-refractivity contribution < 1.29 is 0 Å². The molecular formula is C11H14ClN3S. The third kappa shape index (κ3) is 2.64. The smallest absolute Gasteiger partial charge is 0.0537 e. The Hall–Kier alpha value is -0.840. The minimum absolute atomic E-state index is 0.819. The molecule has 0 aromatic carbocycles. The molecule has 2 rings (SSSR count). The quantitative estimate of drug-likeness (QED) is 0.911. The molecule has 1 N–H and O–H groups in total. The van der Waals surface area contributed by atoms with E-state index in [1.54, 1.807) is 11.3 Å². The van der Waals surface area contributed by atoms with E-state index in [9.17, 15) is 0 Å². The van der Waals surface area contributed by atoms with Crippen LogP contribution in [0.2, 0.25) is 5.02 Å². The molecule has 3 nitrogen and oxygen atoms in total. The molecule has 0 saturated carbocycles. The lowest BCUT2D eigenvalue weighted by atomic mass is 10.2. The normalized spacial score (nSPS) is 10.9. The Labute approximate surface area is 104 Å². The van der Waals surface area contributed by atoms with Crippen molar-refractivity contribution in [2.75, 3.05) is 0 Å². The van der Waals surface area contributed by atoms with E-state index in [0.717, 1.165) is 18.1 Å². The first-order valence-corrected chi connectivity index (χ1v) is 6.33. The molecule has 0 atom stereocenters. The average molecular weight is 256 g/mol. The van der Waals surface area contributed by atoms with Crippen LogP contribution in [0.25, 0.3) is 0 Å². The molecule has 2 heterocycles. The number of nitrogens with zero attached hydrogens (tertiary/aromatic N) is 2. The molecule has 16 heavy (non-hydrogen) atoms. The van der Waals surface area contributed by atoms with Crippen LogP contribution >= 0.6 is 22.9 Å². The van der Waals surface area contributed by atoms with E-state index in [1.807, 2.05) is 29.4 Å². The molecule has 5 heteroatoms. The van der Waals surface area contributed by atoms with E-state index >= 15 is 0 Å². The second-order valence-electron chi connectivity index (χ2n) is 3.71. The van der Waals surface area contributed by atoms with Crippen LogP contribution in [0, 0.1) is 6.92 Å². The predicted octanol–water partition coefficient (Wildman–Crippen LogP) is 2.73. The summed E-state index contributed by atoms with van der Waals surface area (Å²) >= 11 is 7.53. The molecule has 0 aliphatic carbocycles. The van der Waals surface area contributed by atoms with Crippen molar-refractivity contribution >= 4 is 22.9 Å². The van der Waals surface area contributed by atoms with Gasteiger partial charge in [0.25, 0.3) is 0 Å². The van der Waals surface area contributed by atoms with Crippen LogP contribution in [0.5, 0.6) is 0 Å². The molecule has 0 saturated heterocycles. The summed E-state index contributed by atoms with van der Waals surface area (Å²) in [7, 11) is 1.96. The second-order valence-corrected chi connectivity index (χ2v) is 5.15. The Bertz CT molecular complexity index is 475. The number of thiophene rings is 1. The van der Waals surface area contributed by atoms with Crippen LogP contribution < -0.4 is 5.32 Å². The summed E-state index contributed by atoms with van der Waals surface area (Å²) in [4.78, 5) is 1.26. The van der Waals surface area contributed by atoms with Crippen molar-refractivity contribution in [1.29, 1.82) is 0 Å². The fraction of sp³-hybridized carbons (Fsp3) is 0.364. The van der Waals surface area contributed by atoms with Crippen molar-refractivity contribution in [3.8, 4) is 0 Å². The fourth-order valence-electron chi connectivity index (χ4n) is 1.48. The largest absolute Gasteiger partial charge is 0.308 e. The van der Waals surface area contributed by atoms with Gasteiger partial charge in [-0.05, 0) is 13.0 Å². The number of hydrogen-bond donors (Lipinski definition) is 1. The first-order chi connectivity index (χ1) is 7.66. The fourth-order valence-corrected chi connectivity index (χ4v) is 2.53. The Morgan fingerprint density at radius 1 is 1.50 bits per heavy atom. The van der Waals surface area contributed by atoms with Gasteiger partial charge in [-0.3, -0.25) is 4.68 Å². The van der Waals surface area contributed by atoms with Gasteiger partial charge in [0.15, 0.2) is 0 Å². The highest BCUT2D eigenvalue weighted by molar-refractivity contribution is 7.10. The monoisotopic (exact) mass is 255 g/mol. The van der Waals surface area contributed by atoms with Gasteiger partial charge in [0.05, 0.1) is 11.2 Å². The maximum absolute atomic E-state index is 5.85. The summed E-state index contributed by atoms with van der Waals surface area (Å²) in [6, 6.07) is 2.00. The lowest BCUT2D eigenvalue weighted by molar-refractivity contribution is 0.691. The highest BCUT2D eigenvalue weighted by atomic mass is 35.5. The van der Waals surface area contributed by atoms with Crippen molar-refractivity contribution in [2.45, 2.75) is 20.0 Å². The van der Waals surface area contributed by atoms with Gasteiger partial charge in [-0.25, -0.2) is 0 Å². The number of nitrogens with one attached hydrogen (secondary N) is 1. The van der Waals surface area contributed by atoms with Gasteiger partial charge in [-0.15, -0.1) is 11.3 Å². The van der Waals surface area contributed by atoms with Crippen molar-refractivity contribution in [2.24, 2.45) is 7.05 Å². The number of aryl methyl sites for hydroxylation is 1. The van der Waals surface area contributed by atoms with Gasteiger partial charge in [-0.2, -0.15) is 5.10 Å². The van der Waals surface area contributed by atoms with Gasteiger partial charge >= 0.3 is 0 Å². The predicted molar refractivity (Wildman–Crippen MR) is 67.8 cm³/mol. The van der Waals surface area contributed by atoms with Crippen LogP contribution in [0.15, 0.2) is 17.6 Å². The summed E-state index contributed by atoms with van der Waals surface area (Å²) in [5, 5.41) is 10.4. The van der Waals surface area contributed by atoms with Crippen molar-refractivity contribution in [3.05, 3.63) is 38.8 Å². The molecule has 0 radical (unpaired) electrons. The van der Waals surface area contributed by atoms with Crippen LogP contribution in [-0.4, -0.2) is 9.78 Å². The Balaban J connectivity index is 1.86. The molecular weight excluding hydrogens is 242 g/mol. The highest BCUT2D eigenvalue weighted by Gasteiger charge is 2.03. The molecule has 0 aliphatic rings. The summed E-state index contributed by atoms with van der Waals surface area (Å²) in [6.45, 7) is 3.77. The topological polar surface area (TPSA) is 29.9 Å². The number of rotatable bonds is 4. The van der Waals surface area contributed by atoms with E-state index in [2.05, 4.69) is 17.3 Å². The van der Waals surface area contributed by atoms with E-state index in [1.165, 1.54) is 16.1 Å².